The molecule has 4 nitrogen and oxygen atoms in total. The van der Waals surface area contributed by atoms with Gasteiger partial charge in [-0.15, -0.1) is 0 Å². The van der Waals surface area contributed by atoms with Crippen LogP contribution in [-0.4, -0.2) is 21.5 Å². The molecule has 80 valence electrons. The van der Waals surface area contributed by atoms with Crippen molar-refractivity contribution in [2.75, 3.05) is 12.3 Å². The first-order valence-electron chi connectivity index (χ1n) is 3.57. The maximum absolute atomic E-state index is 12.8. The van der Waals surface area contributed by atoms with Gasteiger partial charge in [0.25, 0.3) is 0 Å². The molecule has 1 aromatic heterocycles. The average Bonchev–Trinajstić information content (AvgIpc) is 2.32. The van der Waals surface area contributed by atoms with Gasteiger partial charge in [0, 0.05) is 0 Å². The Morgan fingerprint density at radius 2 is 2.00 bits per heavy atom. The van der Waals surface area contributed by atoms with E-state index in [1.807, 2.05) is 0 Å². The summed E-state index contributed by atoms with van der Waals surface area (Å²) in [7, 11) is 0. The molecular formula is C6H7F4N3O. The fourth-order valence-electron chi connectivity index (χ4n) is 0.899. The lowest BCUT2D eigenvalue weighted by Gasteiger charge is -2.00. The minimum absolute atomic E-state index is 0.279. The number of nitrogen functional groups attached to an aromatic ring is 1. The van der Waals surface area contributed by atoms with Gasteiger partial charge in [0.05, 0.1) is 13.2 Å². The Kier molecular flexibility index (Phi) is 2.65. The van der Waals surface area contributed by atoms with Crippen LogP contribution in [0.2, 0.25) is 0 Å². The van der Waals surface area contributed by atoms with Crippen molar-refractivity contribution in [3.63, 3.8) is 0 Å². The number of halogens is 4. The lowest BCUT2D eigenvalue weighted by atomic mass is 10.4. The third-order valence-electron chi connectivity index (χ3n) is 1.51. The maximum atomic E-state index is 12.8. The molecular weight excluding hydrogens is 206 g/mol. The second-order valence-corrected chi connectivity index (χ2v) is 2.49. The van der Waals surface area contributed by atoms with E-state index in [-0.39, 0.29) is 6.54 Å². The molecule has 3 N–H and O–H groups in total. The van der Waals surface area contributed by atoms with Gasteiger partial charge in [0.1, 0.15) is 0 Å². The Morgan fingerprint density at radius 3 is 2.36 bits per heavy atom. The highest BCUT2D eigenvalue weighted by atomic mass is 19.4. The molecule has 0 radical (unpaired) electrons. The minimum atomic E-state index is -4.88. The van der Waals surface area contributed by atoms with Gasteiger partial charge in [0.2, 0.25) is 5.69 Å². The number of hydrogen-bond acceptors (Lipinski definition) is 3. The van der Waals surface area contributed by atoms with Gasteiger partial charge in [0.15, 0.2) is 11.6 Å². The van der Waals surface area contributed by atoms with E-state index in [1.54, 1.807) is 0 Å². The molecule has 8 heteroatoms. The van der Waals surface area contributed by atoms with Gasteiger partial charge in [-0.05, 0) is 0 Å². The number of aromatic nitrogens is 2. The molecule has 1 heterocycles. The molecule has 0 spiro atoms. The summed E-state index contributed by atoms with van der Waals surface area (Å²) < 4.78 is 49.5. The van der Waals surface area contributed by atoms with Crippen LogP contribution < -0.4 is 5.73 Å². The molecule has 0 aliphatic carbocycles. The van der Waals surface area contributed by atoms with E-state index < -0.39 is 30.1 Å². The number of rotatable bonds is 2. The molecule has 0 aliphatic rings. The van der Waals surface area contributed by atoms with Crippen LogP contribution in [-0.2, 0) is 12.7 Å². The summed E-state index contributed by atoms with van der Waals surface area (Å²) >= 11 is 0. The standard InChI is InChI=1S/C6H7F4N3O/c7-3-4(6(8,9)10)12-13(1-2-14)5(3)11/h14H,1-2,11H2. The zero-order valence-corrected chi connectivity index (χ0v) is 6.85. The van der Waals surface area contributed by atoms with Crippen molar-refractivity contribution >= 4 is 5.82 Å². The first-order chi connectivity index (χ1) is 6.38. The van der Waals surface area contributed by atoms with Crippen molar-refractivity contribution in [2.24, 2.45) is 0 Å². The molecule has 0 saturated heterocycles. The highest BCUT2D eigenvalue weighted by molar-refractivity contribution is 5.34. The molecule has 0 atom stereocenters. The van der Waals surface area contributed by atoms with E-state index in [0.29, 0.717) is 4.68 Å². The maximum Gasteiger partial charge on any atom is 0.438 e. The van der Waals surface area contributed by atoms with Crippen molar-refractivity contribution < 1.29 is 22.7 Å². The van der Waals surface area contributed by atoms with Gasteiger partial charge in [-0.1, -0.05) is 0 Å². The van der Waals surface area contributed by atoms with E-state index >= 15 is 0 Å². The minimum Gasteiger partial charge on any atom is -0.394 e. The molecule has 0 saturated carbocycles. The number of nitrogens with zero attached hydrogens (tertiary/aromatic N) is 2. The molecule has 0 unspecified atom stereocenters. The van der Waals surface area contributed by atoms with E-state index in [4.69, 9.17) is 10.8 Å². The molecule has 14 heavy (non-hydrogen) atoms. The summed E-state index contributed by atoms with van der Waals surface area (Å²) in [6.07, 6.45) is -4.88. The summed E-state index contributed by atoms with van der Waals surface area (Å²) in [5.41, 5.74) is 3.34. The summed E-state index contributed by atoms with van der Waals surface area (Å²) in [6, 6.07) is 0. The number of aliphatic hydroxyl groups is 1. The fraction of sp³-hybridized carbons (Fsp3) is 0.500. The van der Waals surface area contributed by atoms with Gasteiger partial charge in [-0.2, -0.15) is 18.3 Å². The lowest BCUT2D eigenvalue weighted by molar-refractivity contribution is -0.143. The molecule has 0 amide bonds. The smallest absolute Gasteiger partial charge is 0.394 e. The van der Waals surface area contributed by atoms with E-state index in [1.165, 1.54) is 0 Å². The third-order valence-corrected chi connectivity index (χ3v) is 1.51. The second kappa shape index (κ2) is 3.45. The Morgan fingerprint density at radius 1 is 1.43 bits per heavy atom. The molecule has 0 fully saturated rings. The lowest BCUT2D eigenvalue weighted by Crippen LogP contribution is -2.10. The van der Waals surface area contributed by atoms with Gasteiger partial charge in [-0.25, -0.2) is 9.07 Å². The molecule has 1 rings (SSSR count). The second-order valence-electron chi connectivity index (χ2n) is 2.49. The van der Waals surface area contributed by atoms with Crippen molar-refractivity contribution in [1.82, 2.24) is 9.78 Å². The van der Waals surface area contributed by atoms with Crippen LogP contribution in [0.4, 0.5) is 23.4 Å². The highest BCUT2D eigenvalue weighted by Gasteiger charge is 2.39. The first-order valence-corrected chi connectivity index (χ1v) is 3.57. The number of hydrogen-bond donors (Lipinski definition) is 2. The van der Waals surface area contributed by atoms with Crippen molar-refractivity contribution in [2.45, 2.75) is 12.7 Å². The SMILES string of the molecule is Nc1c(F)c(C(F)(F)F)nn1CCO. The monoisotopic (exact) mass is 213 g/mol. The summed E-state index contributed by atoms with van der Waals surface area (Å²) in [5.74, 6) is -2.34. The van der Waals surface area contributed by atoms with Crippen LogP contribution in [0.15, 0.2) is 0 Å². The van der Waals surface area contributed by atoms with Crippen LogP contribution in [0.25, 0.3) is 0 Å². The first kappa shape index (κ1) is 10.8. The van der Waals surface area contributed by atoms with Gasteiger partial charge >= 0.3 is 6.18 Å². The largest absolute Gasteiger partial charge is 0.438 e. The summed E-state index contributed by atoms with van der Waals surface area (Å²) in [4.78, 5) is 0. The van der Waals surface area contributed by atoms with E-state index in [9.17, 15) is 17.6 Å². The highest BCUT2D eigenvalue weighted by Crippen LogP contribution is 2.32. The molecule has 1 aromatic rings. The summed E-state index contributed by atoms with van der Waals surface area (Å²) in [6.45, 7) is -0.749. The predicted molar refractivity (Wildman–Crippen MR) is 38.7 cm³/mol. The van der Waals surface area contributed by atoms with E-state index in [2.05, 4.69) is 5.10 Å². The molecule has 0 bridgehead atoms. The quantitative estimate of drug-likeness (QED) is 0.707. The third kappa shape index (κ3) is 1.79. The molecule has 0 aliphatic heterocycles. The Bertz CT molecular complexity index is 333. The van der Waals surface area contributed by atoms with Crippen LogP contribution in [0.3, 0.4) is 0 Å². The summed E-state index contributed by atoms with van der Waals surface area (Å²) in [5, 5.41) is 11.3. The normalized spacial score (nSPS) is 12.1. The van der Waals surface area contributed by atoms with Crippen LogP contribution in [0, 0.1) is 5.82 Å². The van der Waals surface area contributed by atoms with Gasteiger partial charge in [-0.3, -0.25) is 0 Å². The van der Waals surface area contributed by atoms with Crippen LogP contribution in [0.5, 0.6) is 0 Å². The number of alkyl halides is 3. The van der Waals surface area contributed by atoms with E-state index in [0.717, 1.165) is 0 Å². The zero-order valence-electron chi connectivity index (χ0n) is 6.85. The number of nitrogens with two attached hydrogens (primary N) is 1. The topological polar surface area (TPSA) is 64.1 Å². The average molecular weight is 213 g/mol. The van der Waals surface area contributed by atoms with Crippen molar-refractivity contribution in [3.05, 3.63) is 11.5 Å². The van der Waals surface area contributed by atoms with Crippen molar-refractivity contribution in [1.29, 1.82) is 0 Å². The van der Waals surface area contributed by atoms with Crippen LogP contribution >= 0.6 is 0 Å². The Labute approximate surface area is 75.9 Å². The van der Waals surface area contributed by atoms with Crippen molar-refractivity contribution in [3.8, 4) is 0 Å². The van der Waals surface area contributed by atoms with Gasteiger partial charge < -0.3 is 10.8 Å². The number of aliphatic hydroxyl groups excluding tert-OH is 1. The zero-order chi connectivity index (χ0) is 10.9. The Balaban J connectivity index is 3.15. The van der Waals surface area contributed by atoms with Crippen LogP contribution in [0.1, 0.15) is 5.69 Å². The fourth-order valence-corrected chi connectivity index (χ4v) is 0.899. The Hall–Kier alpha value is -1.31. The number of anilines is 1. The molecule has 0 aromatic carbocycles. The predicted octanol–water partition coefficient (Wildman–Crippen LogP) is 0.616.